The molecule has 0 radical (unpaired) electrons. The van der Waals surface area contributed by atoms with Crippen molar-refractivity contribution in [1.29, 1.82) is 0 Å². The topological polar surface area (TPSA) is 111 Å². The monoisotopic (exact) mass is 1310 g/mol. The number of hydrogen-bond donors (Lipinski definition) is 0. The molecule has 9 nitrogen and oxygen atoms in total. The van der Waals surface area contributed by atoms with E-state index in [2.05, 4.69) is 98.9 Å². The maximum Gasteiger partial charge on any atom is 0.306 e. The van der Waals surface area contributed by atoms with Gasteiger partial charge in [0.15, 0.2) is 6.10 Å². The second-order valence-corrected chi connectivity index (χ2v) is 29.1. The number of unbranched alkanes of at least 4 members (excludes halogenated alkanes) is 45. The molecule has 0 saturated heterocycles. The minimum atomic E-state index is -4.65. The van der Waals surface area contributed by atoms with Gasteiger partial charge in [0.1, 0.15) is 19.8 Å². The van der Waals surface area contributed by atoms with E-state index in [1.54, 1.807) is 0 Å². The zero-order valence-electron chi connectivity index (χ0n) is 61.2. The number of phosphoric acid groups is 1. The van der Waals surface area contributed by atoms with Gasteiger partial charge in [-0.25, -0.2) is 0 Å². The van der Waals surface area contributed by atoms with Gasteiger partial charge in [-0.15, -0.1) is 0 Å². The summed E-state index contributed by atoms with van der Waals surface area (Å²) in [7, 11) is 1.18. The van der Waals surface area contributed by atoms with Crippen LogP contribution in [-0.2, 0) is 32.7 Å². The van der Waals surface area contributed by atoms with Crippen molar-refractivity contribution >= 4 is 19.8 Å². The second kappa shape index (κ2) is 72.5. The van der Waals surface area contributed by atoms with E-state index in [0.29, 0.717) is 17.4 Å². The van der Waals surface area contributed by atoms with Crippen LogP contribution in [-0.4, -0.2) is 70.0 Å². The predicted molar refractivity (Wildman–Crippen MR) is 397 cm³/mol. The van der Waals surface area contributed by atoms with Crippen molar-refractivity contribution in [2.24, 2.45) is 0 Å². The van der Waals surface area contributed by atoms with Crippen molar-refractivity contribution in [3.63, 3.8) is 0 Å². The van der Waals surface area contributed by atoms with Gasteiger partial charge in [0.2, 0.25) is 0 Å². The van der Waals surface area contributed by atoms with E-state index in [4.69, 9.17) is 18.5 Å². The minimum Gasteiger partial charge on any atom is -0.756 e. The van der Waals surface area contributed by atoms with Crippen LogP contribution in [0.25, 0.3) is 0 Å². The highest BCUT2D eigenvalue weighted by atomic mass is 31.2. The Labute approximate surface area is 571 Å². The van der Waals surface area contributed by atoms with Crippen LogP contribution in [0.5, 0.6) is 0 Å². The number of quaternary nitrogens is 1. The number of carbonyl (C=O) groups is 2. The Morgan fingerprint density at radius 3 is 0.924 bits per heavy atom. The number of likely N-dealkylation sites (N-methyl/N-ethyl adjacent to an activating group) is 1. The number of esters is 2. The summed E-state index contributed by atoms with van der Waals surface area (Å²) in [6.07, 6.45) is 99.8. The van der Waals surface area contributed by atoms with Gasteiger partial charge in [-0.1, -0.05) is 375 Å². The highest BCUT2D eigenvalue weighted by Gasteiger charge is 2.22. The van der Waals surface area contributed by atoms with Crippen LogP contribution < -0.4 is 4.89 Å². The van der Waals surface area contributed by atoms with Crippen molar-refractivity contribution in [2.75, 3.05) is 47.5 Å². The van der Waals surface area contributed by atoms with Crippen LogP contribution in [0, 0.1) is 0 Å². The Hall–Kier alpha value is -2.81. The summed E-state index contributed by atoms with van der Waals surface area (Å²) in [5.74, 6) is -0.814. The molecule has 0 aliphatic carbocycles. The molecule has 2 atom stereocenters. The molecule has 2 unspecified atom stereocenters. The van der Waals surface area contributed by atoms with E-state index < -0.39 is 26.5 Å². The smallest absolute Gasteiger partial charge is 0.306 e. The molecule has 536 valence electrons. The molecule has 10 heteroatoms. The Kier molecular flexibility index (Phi) is 70.2. The maximum absolute atomic E-state index is 12.9. The Bertz CT molecular complexity index is 1830. The molecular formula is C82H150NO8P. The third-order valence-corrected chi connectivity index (χ3v) is 18.4. The number of hydrogen-bond acceptors (Lipinski definition) is 8. The molecule has 0 aromatic heterocycles. The summed E-state index contributed by atoms with van der Waals surface area (Å²) in [6, 6.07) is 0. The average molecular weight is 1310 g/mol. The first-order valence-corrected chi connectivity index (χ1v) is 40.8. The third-order valence-electron chi connectivity index (χ3n) is 17.4. The number of nitrogens with zero attached hydrogens (tertiary/aromatic N) is 1. The fourth-order valence-corrected chi connectivity index (χ4v) is 12.2. The van der Waals surface area contributed by atoms with Crippen molar-refractivity contribution < 1.29 is 42.1 Å². The SMILES string of the molecule is CC/C=C\C/C=C\C/C=C\C/C=C\C/C=C\C/C=C\C/C=C\CCCCCCCCCCCCCCCCCCCC(=O)OC(COC(=O)CCCCCCCCCCCCCCCCCCCCCCCCCCCCCCC)COP(=O)([O-])OCC[N+](C)(C)C. The van der Waals surface area contributed by atoms with Crippen LogP contribution in [0.1, 0.15) is 373 Å². The Morgan fingerprint density at radius 2 is 0.620 bits per heavy atom. The molecule has 0 saturated carbocycles. The van der Waals surface area contributed by atoms with Gasteiger partial charge in [0.25, 0.3) is 7.82 Å². The van der Waals surface area contributed by atoms with Crippen LogP contribution in [0.15, 0.2) is 85.1 Å². The van der Waals surface area contributed by atoms with Crippen molar-refractivity contribution in [2.45, 2.75) is 380 Å². The number of phosphoric ester groups is 1. The van der Waals surface area contributed by atoms with Gasteiger partial charge in [0, 0.05) is 12.8 Å². The van der Waals surface area contributed by atoms with Gasteiger partial charge in [0.05, 0.1) is 27.7 Å². The molecule has 0 spiro atoms. The van der Waals surface area contributed by atoms with Gasteiger partial charge < -0.3 is 27.9 Å². The quantitative estimate of drug-likeness (QED) is 0.0195. The largest absolute Gasteiger partial charge is 0.756 e. The lowest BCUT2D eigenvalue weighted by atomic mass is 10.0. The van der Waals surface area contributed by atoms with Crippen molar-refractivity contribution in [3.8, 4) is 0 Å². The van der Waals surface area contributed by atoms with E-state index in [0.717, 1.165) is 83.5 Å². The second-order valence-electron chi connectivity index (χ2n) is 27.7. The summed E-state index contributed by atoms with van der Waals surface area (Å²) in [5, 5.41) is 0. The van der Waals surface area contributed by atoms with E-state index in [1.165, 1.54) is 257 Å². The van der Waals surface area contributed by atoms with Crippen LogP contribution in [0.3, 0.4) is 0 Å². The first kappa shape index (κ1) is 89.2. The zero-order valence-corrected chi connectivity index (χ0v) is 62.1. The molecule has 0 aliphatic heterocycles. The van der Waals surface area contributed by atoms with Crippen molar-refractivity contribution in [1.82, 2.24) is 0 Å². The standard InChI is InChI=1S/C82H150NO8P/c1-6-8-10-12-14-16-18-20-22-24-26-28-30-32-34-36-37-38-39-40-41-42-43-44-45-47-49-51-53-55-57-59-61-63-65-67-69-71-73-75-82(85)91-80(79-90-92(86,87)89-77-76-83(3,4)5)78-88-81(84)74-72-70-68-66-64-62-60-58-56-54-52-50-48-46-35-33-31-29-27-25-23-21-19-17-15-13-11-9-7-2/h8,10,14,16,20,22,26,28,32,34,37-38,40-41,80H,6-7,9,11-13,15,17-19,21,23-25,27,29-31,33,35-36,39,42-79H2,1-5H3/b10-8-,16-14-,22-20-,28-26-,34-32-,38-37-,41-40-. The number of carbonyl (C=O) groups excluding carboxylic acids is 2. The number of allylic oxidation sites excluding steroid dienone is 14. The van der Waals surface area contributed by atoms with Gasteiger partial charge in [-0.2, -0.15) is 0 Å². The summed E-state index contributed by atoms with van der Waals surface area (Å²) in [4.78, 5) is 38.2. The summed E-state index contributed by atoms with van der Waals surface area (Å²) in [5.41, 5.74) is 0. The van der Waals surface area contributed by atoms with Gasteiger partial charge in [-0.05, 0) is 70.6 Å². The van der Waals surface area contributed by atoms with E-state index in [-0.39, 0.29) is 32.0 Å². The van der Waals surface area contributed by atoms with Crippen LogP contribution in [0.2, 0.25) is 0 Å². The fraction of sp³-hybridized carbons (Fsp3) is 0.805. The lowest BCUT2D eigenvalue weighted by Gasteiger charge is -2.28. The van der Waals surface area contributed by atoms with Crippen molar-refractivity contribution in [3.05, 3.63) is 85.1 Å². The van der Waals surface area contributed by atoms with Gasteiger partial charge >= 0.3 is 11.9 Å². The fourth-order valence-electron chi connectivity index (χ4n) is 11.5. The van der Waals surface area contributed by atoms with E-state index >= 15 is 0 Å². The molecule has 0 aliphatic rings. The first-order chi connectivity index (χ1) is 45.0. The highest BCUT2D eigenvalue weighted by molar-refractivity contribution is 7.45. The minimum absolute atomic E-state index is 0.0300. The lowest BCUT2D eigenvalue weighted by molar-refractivity contribution is -0.870. The third kappa shape index (κ3) is 76.2. The van der Waals surface area contributed by atoms with E-state index in [9.17, 15) is 19.0 Å². The summed E-state index contributed by atoms with van der Waals surface area (Å²) >= 11 is 0. The number of ether oxygens (including phenoxy) is 2. The molecule has 0 aromatic carbocycles. The predicted octanol–water partition coefficient (Wildman–Crippen LogP) is 25.4. The molecule has 0 fully saturated rings. The normalized spacial score (nSPS) is 13.5. The van der Waals surface area contributed by atoms with E-state index in [1.807, 2.05) is 21.1 Å². The lowest BCUT2D eigenvalue weighted by Crippen LogP contribution is -2.37. The maximum atomic E-state index is 12.9. The molecule has 0 bridgehead atoms. The zero-order chi connectivity index (χ0) is 66.9. The molecule has 92 heavy (non-hydrogen) atoms. The summed E-state index contributed by atoms with van der Waals surface area (Å²) < 4.78 is 34.4. The molecular weight excluding hydrogens is 1160 g/mol. The molecule has 0 N–H and O–H groups in total. The molecule has 0 heterocycles. The molecule has 0 aromatic rings. The Balaban J connectivity index is 3.95. The van der Waals surface area contributed by atoms with Gasteiger partial charge in [-0.3, -0.25) is 14.2 Å². The molecule has 0 amide bonds. The van der Waals surface area contributed by atoms with Crippen LogP contribution in [0.4, 0.5) is 0 Å². The highest BCUT2D eigenvalue weighted by Crippen LogP contribution is 2.38. The van der Waals surface area contributed by atoms with Crippen LogP contribution >= 0.6 is 7.82 Å². The summed E-state index contributed by atoms with van der Waals surface area (Å²) in [6.45, 7) is 4.19. The average Bonchev–Trinajstić information content (AvgIpc) is 2.14. The molecule has 0 rings (SSSR count). The number of rotatable bonds is 73. The Morgan fingerprint density at radius 1 is 0.348 bits per heavy atom. The first-order valence-electron chi connectivity index (χ1n) is 39.3.